The van der Waals surface area contributed by atoms with Crippen LogP contribution in [0.2, 0.25) is 0 Å². The predicted molar refractivity (Wildman–Crippen MR) is 48.4 cm³/mol. The number of carbonyl (C=O) groups excluding carboxylic acids is 1. The van der Waals surface area contributed by atoms with E-state index in [1.807, 2.05) is 0 Å². The van der Waals surface area contributed by atoms with Gasteiger partial charge in [-0.1, -0.05) is 6.58 Å². The summed E-state index contributed by atoms with van der Waals surface area (Å²) in [4.78, 5) is 27.6. The van der Waals surface area contributed by atoms with Crippen molar-refractivity contribution in [3.63, 3.8) is 0 Å². The summed E-state index contributed by atoms with van der Waals surface area (Å²) in [5, 5.41) is 0. The third-order valence-corrected chi connectivity index (χ3v) is 1.62. The third-order valence-electron chi connectivity index (χ3n) is 1.13. The Morgan fingerprint density at radius 1 is 1.57 bits per heavy atom. The predicted octanol–water partition coefficient (Wildman–Crippen LogP) is 0.603. The maximum absolute atomic E-state index is 10.9. The number of carbonyl (C=O) groups is 1. The highest BCUT2D eigenvalue weighted by Crippen LogP contribution is 2.35. The van der Waals surface area contributed by atoms with Crippen LogP contribution in [0.4, 0.5) is 0 Å². The summed E-state index contributed by atoms with van der Waals surface area (Å²) < 4.78 is 19.1. The van der Waals surface area contributed by atoms with Gasteiger partial charge in [-0.25, -0.2) is 9.36 Å². The van der Waals surface area contributed by atoms with E-state index in [-0.39, 0.29) is 12.2 Å². The molecule has 6 nitrogen and oxygen atoms in total. The molecule has 0 bridgehead atoms. The number of hydrogen-bond donors (Lipinski definition) is 2. The van der Waals surface area contributed by atoms with E-state index in [4.69, 9.17) is 14.5 Å². The fourth-order valence-electron chi connectivity index (χ4n) is 0.519. The lowest BCUT2D eigenvalue weighted by Crippen LogP contribution is -2.20. The first kappa shape index (κ1) is 13.3. The van der Waals surface area contributed by atoms with Crippen LogP contribution >= 0.6 is 7.82 Å². The number of hydrogen-bond acceptors (Lipinski definition) is 4. The molecular weight excluding hydrogens is 211 g/mol. The Balaban J connectivity index is 3.88. The molecule has 0 spiro atoms. The lowest BCUT2D eigenvalue weighted by atomic mass is 10.3. The fraction of sp³-hybridized carbons (Fsp3) is 0.571. The van der Waals surface area contributed by atoms with Gasteiger partial charge in [0.1, 0.15) is 6.10 Å². The molecule has 0 saturated carbocycles. The molecule has 0 aromatic carbocycles. The fourth-order valence-corrected chi connectivity index (χ4v) is 0.924. The Morgan fingerprint density at radius 2 is 2.07 bits per heavy atom. The first-order valence-corrected chi connectivity index (χ1v) is 5.32. The topological polar surface area (TPSA) is 93.1 Å². The number of ether oxygens (including phenoxy) is 1. The average Bonchev–Trinajstić information content (AvgIpc) is 1.99. The van der Waals surface area contributed by atoms with E-state index in [0.717, 1.165) is 0 Å². The molecular formula is C7H13O6P. The van der Waals surface area contributed by atoms with Gasteiger partial charge in [0, 0.05) is 5.57 Å². The smallest absolute Gasteiger partial charge is 0.457 e. The Kier molecular flexibility index (Phi) is 5.01. The zero-order valence-electron chi connectivity index (χ0n) is 7.97. The van der Waals surface area contributed by atoms with Crippen LogP contribution in [0.1, 0.15) is 13.8 Å². The van der Waals surface area contributed by atoms with Crippen molar-refractivity contribution in [1.82, 2.24) is 0 Å². The molecule has 1 atom stereocenters. The van der Waals surface area contributed by atoms with Crippen molar-refractivity contribution in [2.24, 2.45) is 0 Å². The maximum Gasteiger partial charge on any atom is 0.469 e. The van der Waals surface area contributed by atoms with Gasteiger partial charge in [0.25, 0.3) is 0 Å². The summed E-state index contributed by atoms with van der Waals surface area (Å²) in [6.07, 6.45) is -0.730. The van der Waals surface area contributed by atoms with E-state index >= 15 is 0 Å². The zero-order valence-corrected chi connectivity index (χ0v) is 8.86. The molecule has 2 N–H and O–H groups in total. The van der Waals surface area contributed by atoms with Gasteiger partial charge in [-0.05, 0) is 13.8 Å². The molecule has 0 saturated heterocycles. The Labute approximate surface area is 81.8 Å². The molecule has 0 heterocycles. The van der Waals surface area contributed by atoms with Crippen molar-refractivity contribution in [2.45, 2.75) is 20.0 Å². The van der Waals surface area contributed by atoms with E-state index < -0.39 is 19.9 Å². The summed E-state index contributed by atoms with van der Waals surface area (Å²) >= 11 is 0. The number of phosphoric acid groups is 1. The highest BCUT2D eigenvalue weighted by molar-refractivity contribution is 7.46. The van der Waals surface area contributed by atoms with E-state index in [2.05, 4.69) is 11.1 Å². The van der Waals surface area contributed by atoms with Crippen molar-refractivity contribution in [2.75, 3.05) is 6.61 Å². The van der Waals surface area contributed by atoms with Gasteiger partial charge in [-0.3, -0.25) is 4.52 Å². The second kappa shape index (κ2) is 5.26. The molecule has 1 unspecified atom stereocenters. The first-order valence-electron chi connectivity index (χ1n) is 3.79. The summed E-state index contributed by atoms with van der Waals surface area (Å²) in [6, 6.07) is 0. The quantitative estimate of drug-likeness (QED) is 0.403. The Morgan fingerprint density at radius 3 is 2.43 bits per heavy atom. The van der Waals surface area contributed by atoms with Crippen LogP contribution in [-0.4, -0.2) is 28.5 Å². The number of rotatable bonds is 5. The van der Waals surface area contributed by atoms with E-state index in [0.29, 0.717) is 0 Å². The van der Waals surface area contributed by atoms with Crippen LogP contribution < -0.4 is 0 Å². The molecule has 7 heteroatoms. The van der Waals surface area contributed by atoms with Crippen molar-refractivity contribution >= 4 is 13.8 Å². The summed E-state index contributed by atoms with van der Waals surface area (Å²) in [6.45, 7) is 5.92. The van der Waals surface area contributed by atoms with Crippen LogP contribution in [-0.2, 0) is 18.6 Å². The van der Waals surface area contributed by atoms with Gasteiger partial charge in [-0.2, -0.15) is 0 Å². The standard InChI is InChI=1S/C7H13O6P/c1-5(2)7(8)13-6(3)4-12-14(9,10)11/h6H,1,4H2,2-3H3,(H2,9,10,11). The lowest BCUT2D eigenvalue weighted by molar-refractivity contribution is -0.144. The second-order valence-corrected chi connectivity index (χ2v) is 4.02. The molecule has 0 aliphatic rings. The minimum absolute atomic E-state index is 0.216. The number of esters is 1. The van der Waals surface area contributed by atoms with Gasteiger partial charge in [0.05, 0.1) is 6.61 Å². The summed E-state index contributed by atoms with van der Waals surface area (Å²) in [5.74, 6) is -0.619. The maximum atomic E-state index is 10.9. The van der Waals surface area contributed by atoms with Crippen LogP contribution in [0.5, 0.6) is 0 Å². The van der Waals surface area contributed by atoms with Crippen LogP contribution in [0, 0.1) is 0 Å². The van der Waals surface area contributed by atoms with Crippen molar-refractivity contribution in [3.8, 4) is 0 Å². The highest BCUT2D eigenvalue weighted by Gasteiger charge is 2.18. The van der Waals surface area contributed by atoms with E-state index in [9.17, 15) is 9.36 Å². The molecule has 0 amide bonds. The van der Waals surface area contributed by atoms with Crippen LogP contribution in [0.25, 0.3) is 0 Å². The van der Waals surface area contributed by atoms with Gasteiger partial charge in [0.2, 0.25) is 0 Å². The van der Waals surface area contributed by atoms with Crippen LogP contribution in [0.3, 0.4) is 0 Å². The molecule has 0 aliphatic heterocycles. The zero-order chi connectivity index (χ0) is 11.4. The van der Waals surface area contributed by atoms with Gasteiger partial charge in [-0.15, -0.1) is 0 Å². The monoisotopic (exact) mass is 224 g/mol. The van der Waals surface area contributed by atoms with Crippen LogP contribution in [0.15, 0.2) is 12.2 Å². The molecule has 14 heavy (non-hydrogen) atoms. The summed E-state index contributed by atoms with van der Waals surface area (Å²) in [7, 11) is -4.50. The second-order valence-electron chi connectivity index (χ2n) is 2.78. The molecule has 0 aromatic rings. The molecule has 0 aromatic heterocycles. The highest BCUT2D eigenvalue weighted by atomic mass is 31.2. The SMILES string of the molecule is C=C(C)C(=O)OC(C)COP(=O)(O)O. The van der Waals surface area contributed by atoms with Crippen molar-refractivity contribution in [3.05, 3.63) is 12.2 Å². The van der Waals surface area contributed by atoms with E-state index in [1.165, 1.54) is 13.8 Å². The minimum atomic E-state index is -4.50. The Hall–Kier alpha value is -0.680. The molecule has 82 valence electrons. The normalized spacial score (nSPS) is 13.4. The average molecular weight is 224 g/mol. The Bertz CT molecular complexity index is 267. The lowest BCUT2D eigenvalue weighted by Gasteiger charge is -2.13. The summed E-state index contributed by atoms with van der Waals surface area (Å²) in [5.41, 5.74) is 0.216. The molecule has 0 aliphatic carbocycles. The minimum Gasteiger partial charge on any atom is -0.457 e. The third kappa shape index (κ3) is 6.80. The first-order chi connectivity index (χ1) is 6.22. The number of phosphoric ester groups is 1. The molecule has 0 fully saturated rings. The molecule has 0 rings (SSSR count). The van der Waals surface area contributed by atoms with Gasteiger partial charge >= 0.3 is 13.8 Å². The molecule has 0 radical (unpaired) electrons. The van der Waals surface area contributed by atoms with Gasteiger partial charge in [0.15, 0.2) is 0 Å². The largest absolute Gasteiger partial charge is 0.469 e. The van der Waals surface area contributed by atoms with E-state index in [1.54, 1.807) is 0 Å². The van der Waals surface area contributed by atoms with Gasteiger partial charge < -0.3 is 14.5 Å². The van der Waals surface area contributed by atoms with Crippen molar-refractivity contribution < 1.29 is 28.4 Å². The van der Waals surface area contributed by atoms with Crippen molar-refractivity contribution in [1.29, 1.82) is 0 Å².